The molecule has 9 nitrogen and oxygen atoms in total. The van der Waals surface area contributed by atoms with Crippen molar-refractivity contribution in [2.24, 2.45) is 11.5 Å². The van der Waals surface area contributed by atoms with Crippen molar-refractivity contribution in [2.45, 2.75) is 12.6 Å². The molecule has 0 saturated heterocycles. The maximum atomic E-state index is 12.2. The topological polar surface area (TPSA) is 158 Å². The SMILES string of the molecule is C[N+](CC(=O)NCCC[P+](c1ccccc1)(c1ccccc1)c1ccccc1)=C(N)N.F[C-](F)F.O=C([O-])C(F)(F)F.O=C=O. The number of hydrogen-bond acceptors (Lipinski definition) is 5. The largest absolute Gasteiger partial charge is 0.542 e. The number of halogens is 6. The molecule has 0 unspecified atom stereocenters. The molecule has 16 heteroatoms. The van der Waals surface area contributed by atoms with E-state index in [1.54, 1.807) is 7.05 Å². The first-order chi connectivity index (χ1) is 21.1. The Balaban J connectivity index is 0.00000116. The van der Waals surface area contributed by atoms with Gasteiger partial charge in [0.2, 0.25) is 0 Å². The van der Waals surface area contributed by atoms with Gasteiger partial charge in [-0.05, 0) is 42.8 Å². The number of carboxylic acid groups (broad SMARTS) is 1. The Bertz CT molecular complexity index is 1260. The summed E-state index contributed by atoms with van der Waals surface area (Å²) in [5.41, 5.74) is 11.1. The highest BCUT2D eigenvalue weighted by atomic mass is 31.2. The number of carbonyl (C=O) groups is 2. The summed E-state index contributed by atoms with van der Waals surface area (Å²) in [4.78, 5) is 37.3. The average molecular weight is 661 g/mol. The normalized spacial score (nSPS) is 10.3. The van der Waals surface area contributed by atoms with Crippen molar-refractivity contribution in [1.29, 1.82) is 0 Å². The average Bonchev–Trinajstić information content (AvgIpc) is 2.98. The molecule has 0 radical (unpaired) electrons. The second kappa shape index (κ2) is 21.0. The lowest BCUT2D eigenvalue weighted by atomic mass is 10.3. The first-order valence-corrected chi connectivity index (χ1v) is 14.6. The molecule has 0 atom stereocenters. The van der Waals surface area contributed by atoms with Crippen LogP contribution in [0.4, 0.5) is 26.3 Å². The second-order valence-corrected chi connectivity index (χ2v) is 12.2. The third kappa shape index (κ3) is 15.5. The number of aliphatic carboxylic acids is 1. The van der Waals surface area contributed by atoms with Gasteiger partial charge in [-0.2, -0.15) is 22.8 Å². The molecule has 0 heterocycles. The van der Waals surface area contributed by atoms with E-state index in [4.69, 9.17) is 31.0 Å². The second-order valence-electron chi connectivity index (χ2n) is 8.61. The summed E-state index contributed by atoms with van der Waals surface area (Å²) in [5.74, 6) is -2.95. The van der Waals surface area contributed by atoms with Crippen LogP contribution in [0.25, 0.3) is 0 Å². The smallest absolute Gasteiger partial charge is 0.430 e. The van der Waals surface area contributed by atoms with Crippen LogP contribution in [0, 0.1) is 6.68 Å². The van der Waals surface area contributed by atoms with E-state index < -0.39 is 26.1 Å². The molecule has 5 N–H and O–H groups in total. The van der Waals surface area contributed by atoms with E-state index in [2.05, 4.69) is 96.3 Å². The van der Waals surface area contributed by atoms with Gasteiger partial charge >= 0.3 is 18.3 Å². The third-order valence-corrected chi connectivity index (χ3v) is 10.2. The fraction of sp³-hybridized carbons (Fsp3) is 0.207. The van der Waals surface area contributed by atoms with Gasteiger partial charge in [-0.1, -0.05) is 54.6 Å². The Morgan fingerprint density at radius 3 is 1.42 bits per heavy atom. The van der Waals surface area contributed by atoms with Crippen LogP contribution >= 0.6 is 7.26 Å². The molecule has 3 aromatic rings. The van der Waals surface area contributed by atoms with Crippen molar-refractivity contribution in [3.63, 3.8) is 0 Å². The van der Waals surface area contributed by atoms with Gasteiger partial charge in [0, 0.05) is 6.54 Å². The number of amides is 1. The van der Waals surface area contributed by atoms with Gasteiger partial charge in [-0.15, -0.1) is 0 Å². The number of guanidine groups is 1. The summed E-state index contributed by atoms with van der Waals surface area (Å²) >= 11 is 0. The molecule has 0 aliphatic carbocycles. The molecule has 0 bridgehead atoms. The maximum Gasteiger partial charge on any atom is 0.430 e. The Morgan fingerprint density at radius 1 is 0.844 bits per heavy atom. The molecule has 244 valence electrons. The monoisotopic (exact) mass is 660 g/mol. The van der Waals surface area contributed by atoms with Crippen molar-refractivity contribution in [3.05, 3.63) is 97.7 Å². The molecule has 1 amide bonds. The first-order valence-electron chi connectivity index (χ1n) is 12.6. The van der Waals surface area contributed by atoms with Crippen molar-refractivity contribution in [3.8, 4) is 0 Å². The molecule has 0 fully saturated rings. The summed E-state index contributed by atoms with van der Waals surface area (Å²) in [6.07, 6.45) is -3.12. The van der Waals surface area contributed by atoms with E-state index in [0.29, 0.717) is 6.54 Å². The van der Waals surface area contributed by atoms with Crippen LogP contribution in [0.5, 0.6) is 0 Å². The number of nitrogens with two attached hydrogens (primary N) is 2. The standard InChI is InChI=1S/C25H29N4OP.C2HF3O2.CF3.CO2/c1-29(25(26)27)20-24(30)28-18-11-19-31(21-12-5-2-6-13-21,22-14-7-3-8-15-22)23-16-9-4-10-17-23;3-2(4,5)1(6)7;2-1(3)4;2-1-3/h2-10,12-17H,11,18-20H2,1H3,(H3-,26,27,28,30);(H,6,7);;/q;;-1;/p+1. The Kier molecular flexibility index (Phi) is 18.8. The number of likely N-dealkylation sites (N-methyl/N-ethyl adjacent to an activating group) is 1. The van der Waals surface area contributed by atoms with Crippen molar-refractivity contribution < 1.29 is 55.2 Å². The first kappa shape index (κ1) is 40.3. The van der Waals surface area contributed by atoms with Gasteiger partial charge in [-0.3, -0.25) is 20.8 Å². The lowest BCUT2D eigenvalue weighted by Gasteiger charge is -2.27. The molecule has 0 saturated carbocycles. The minimum absolute atomic E-state index is 0.0843. The van der Waals surface area contributed by atoms with Crippen LogP contribution < -0.4 is 37.8 Å². The number of carboxylic acids is 1. The minimum atomic E-state index is -5.19. The number of rotatable bonds is 9. The van der Waals surface area contributed by atoms with E-state index in [1.165, 1.54) is 20.5 Å². The molecule has 0 aromatic heterocycles. The summed E-state index contributed by atoms with van der Waals surface area (Å²) in [7, 11) is -0.162. The Hall–Kier alpha value is -4.74. The van der Waals surface area contributed by atoms with Crippen LogP contribution in [0.2, 0.25) is 0 Å². The van der Waals surface area contributed by atoms with Crippen molar-refractivity contribution in [1.82, 2.24) is 5.32 Å². The molecule has 0 spiro atoms. The summed E-state index contributed by atoms with van der Waals surface area (Å²) in [6.45, 7) is -2.33. The highest BCUT2D eigenvalue weighted by Gasteiger charge is 2.44. The van der Waals surface area contributed by atoms with Gasteiger partial charge in [0.1, 0.15) is 35.7 Å². The molecular formula is C29H31F6N4O5P. The van der Waals surface area contributed by atoms with E-state index >= 15 is 0 Å². The van der Waals surface area contributed by atoms with Crippen molar-refractivity contribution in [2.75, 3.05) is 26.3 Å². The molecular weight excluding hydrogens is 629 g/mol. The molecule has 3 aromatic carbocycles. The Labute approximate surface area is 255 Å². The van der Waals surface area contributed by atoms with Gasteiger partial charge < -0.3 is 28.4 Å². The van der Waals surface area contributed by atoms with E-state index in [1.807, 2.05) is 0 Å². The summed E-state index contributed by atoms with van der Waals surface area (Å²) < 4.78 is 61.8. The summed E-state index contributed by atoms with van der Waals surface area (Å²) in [6, 6.07) is 32.3. The molecule has 45 heavy (non-hydrogen) atoms. The van der Waals surface area contributed by atoms with Crippen LogP contribution in [0.1, 0.15) is 6.42 Å². The number of nitrogens with one attached hydrogen (secondary N) is 1. The van der Waals surface area contributed by atoms with E-state index in [-0.39, 0.29) is 24.6 Å². The van der Waals surface area contributed by atoms with Crippen LogP contribution in [0.3, 0.4) is 0 Å². The minimum Gasteiger partial charge on any atom is -0.542 e. The van der Waals surface area contributed by atoms with Gasteiger partial charge in [-0.25, -0.2) is 0 Å². The van der Waals surface area contributed by atoms with E-state index in [0.717, 1.165) is 12.6 Å². The fourth-order valence-electron chi connectivity index (χ4n) is 3.79. The number of alkyl halides is 3. The molecule has 3 rings (SSSR count). The Morgan fingerprint density at radius 2 is 1.16 bits per heavy atom. The molecule has 0 aliphatic rings. The lowest BCUT2D eigenvalue weighted by molar-refractivity contribution is -0.487. The highest BCUT2D eigenvalue weighted by Crippen LogP contribution is 2.55. The number of benzene rings is 3. The zero-order valence-electron chi connectivity index (χ0n) is 23.8. The van der Waals surface area contributed by atoms with E-state index in [9.17, 15) is 31.1 Å². The maximum absolute atomic E-state index is 12.2. The number of hydrogen-bond donors (Lipinski definition) is 3. The van der Waals surface area contributed by atoms with Crippen LogP contribution in [-0.4, -0.2) is 61.0 Å². The number of carbonyl (C=O) groups excluding carboxylic acids is 4. The zero-order valence-corrected chi connectivity index (χ0v) is 24.7. The van der Waals surface area contributed by atoms with Crippen LogP contribution in [0.15, 0.2) is 91.0 Å². The third-order valence-electron chi connectivity index (χ3n) is 5.64. The van der Waals surface area contributed by atoms with Crippen molar-refractivity contribution >= 4 is 47.2 Å². The lowest BCUT2D eigenvalue weighted by Crippen LogP contribution is -2.40. The predicted molar refractivity (Wildman–Crippen MR) is 155 cm³/mol. The molecule has 0 aliphatic heterocycles. The predicted octanol–water partition coefficient (Wildman–Crippen LogP) is 1.46. The van der Waals surface area contributed by atoms with Gasteiger partial charge in [0.25, 0.3) is 5.91 Å². The zero-order chi connectivity index (χ0) is 34.5. The van der Waals surface area contributed by atoms with Crippen LogP contribution in [-0.2, 0) is 19.2 Å². The number of nitrogens with zero attached hydrogens (tertiary/aromatic N) is 1. The quantitative estimate of drug-likeness (QED) is 0.0597. The fourth-order valence-corrected chi connectivity index (χ4v) is 8.13. The van der Waals surface area contributed by atoms with Gasteiger partial charge in [0.05, 0.1) is 13.2 Å². The summed E-state index contributed by atoms with van der Waals surface area (Å²) in [5, 5.41) is 15.8. The van der Waals surface area contributed by atoms with Gasteiger partial charge in [0.15, 0.2) is 6.68 Å². The highest BCUT2D eigenvalue weighted by molar-refractivity contribution is 7.95.